The summed E-state index contributed by atoms with van der Waals surface area (Å²) < 4.78 is 2.36. The molecule has 0 aliphatic heterocycles. The topological polar surface area (TPSA) is 56.5 Å². The Hall–Kier alpha value is -6.46. The quantitative estimate of drug-likeness (QED) is 0.197. The van der Waals surface area contributed by atoms with Crippen molar-refractivity contribution < 1.29 is 0 Å². The summed E-state index contributed by atoms with van der Waals surface area (Å²) in [6.07, 6.45) is 3.83. The van der Waals surface area contributed by atoms with Crippen molar-refractivity contribution in [2.45, 2.75) is 0 Å². The highest BCUT2D eigenvalue weighted by Gasteiger charge is 2.19. The Balaban J connectivity index is 1.27. The fraction of sp³-hybridized carbons (Fsp3) is 0. The number of para-hydroxylation sites is 1. The van der Waals surface area contributed by atoms with E-state index >= 15 is 0 Å². The number of benzene rings is 6. The van der Waals surface area contributed by atoms with Gasteiger partial charge in [-0.25, -0.2) is 15.0 Å². The van der Waals surface area contributed by atoms with Crippen LogP contribution in [0.3, 0.4) is 0 Å². The lowest BCUT2D eigenvalue weighted by Crippen LogP contribution is -2.01. The molecule has 0 aliphatic rings. The molecule has 5 heteroatoms. The highest BCUT2D eigenvalue weighted by Crippen LogP contribution is 2.40. The van der Waals surface area contributed by atoms with Crippen LogP contribution in [0.25, 0.3) is 83.6 Å². The summed E-state index contributed by atoms with van der Waals surface area (Å²) in [6.45, 7) is 0. The van der Waals surface area contributed by atoms with Gasteiger partial charge in [0.2, 0.25) is 0 Å². The molecular weight excluding hydrogens is 574 g/mol. The van der Waals surface area contributed by atoms with Crippen molar-refractivity contribution in [3.63, 3.8) is 0 Å². The lowest BCUT2D eigenvalue weighted by Gasteiger charge is -2.17. The van der Waals surface area contributed by atoms with E-state index in [4.69, 9.17) is 15.0 Å². The molecule has 0 amide bonds. The summed E-state index contributed by atoms with van der Waals surface area (Å²) in [6, 6.07) is 52.4. The van der Waals surface area contributed by atoms with Gasteiger partial charge in [-0.3, -0.25) is 4.98 Å². The van der Waals surface area contributed by atoms with Crippen LogP contribution in [0.2, 0.25) is 0 Å². The van der Waals surface area contributed by atoms with E-state index in [1.807, 2.05) is 73.1 Å². The van der Waals surface area contributed by atoms with Gasteiger partial charge in [0.15, 0.2) is 17.5 Å². The first-order valence-corrected chi connectivity index (χ1v) is 15.7. The van der Waals surface area contributed by atoms with Gasteiger partial charge in [-0.15, -0.1) is 0 Å². The molecule has 0 saturated heterocycles. The predicted molar refractivity (Wildman–Crippen MR) is 191 cm³/mol. The van der Waals surface area contributed by atoms with E-state index in [1.54, 1.807) is 0 Å². The van der Waals surface area contributed by atoms with Crippen molar-refractivity contribution in [2.75, 3.05) is 0 Å². The van der Waals surface area contributed by atoms with E-state index in [-0.39, 0.29) is 0 Å². The smallest absolute Gasteiger partial charge is 0.164 e. The summed E-state index contributed by atoms with van der Waals surface area (Å²) in [5.74, 6) is 1.92. The molecule has 0 saturated carbocycles. The van der Waals surface area contributed by atoms with Crippen molar-refractivity contribution in [1.82, 2.24) is 24.5 Å². The molecule has 0 atom stereocenters. The molecular formula is C42H27N5. The Kier molecular flexibility index (Phi) is 6.39. The van der Waals surface area contributed by atoms with E-state index in [0.29, 0.717) is 17.5 Å². The van der Waals surface area contributed by atoms with Gasteiger partial charge >= 0.3 is 0 Å². The zero-order valence-corrected chi connectivity index (χ0v) is 25.3. The number of pyridine rings is 1. The second-order valence-electron chi connectivity index (χ2n) is 11.5. The van der Waals surface area contributed by atoms with Gasteiger partial charge in [-0.1, -0.05) is 133 Å². The maximum atomic E-state index is 5.06. The first-order valence-electron chi connectivity index (χ1n) is 15.7. The molecule has 0 bridgehead atoms. The van der Waals surface area contributed by atoms with Crippen LogP contribution in [0.15, 0.2) is 164 Å². The molecule has 0 aliphatic carbocycles. The maximum Gasteiger partial charge on any atom is 0.164 e. The number of fused-ring (bicyclic) bond motifs is 4. The highest BCUT2D eigenvalue weighted by atomic mass is 15.0. The van der Waals surface area contributed by atoms with Crippen molar-refractivity contribution in [2.24, 2.45) is 0 Å². The third kappa shape index (κ3) is 4.56. The van der Waals surface area contributed by atoms with E-state index in [1.165, 1.54) is 5.39 Å². The van der Waals surface area contributed by atoms with Crippen LogP contribution < -0.4 is 0 Å². The molecule has 9 rings (SSSR count). The first kappa shape index (κ1) is 26.9. The Bertz CT molecular complexity index is 2460. The third-order valence-corrected chi connectivity index (χ3v) is 8.77. The molecule has 0 fully saturated rings. The summed E-state index contributed by atoms with van der Waals surface area (Å²) >= 11 is 0. The number of aromatic nitrogens is 5. The Morgan fingerprint density at radius 1 is 0.362 bits per heavy atom. The predicted octanol–water partition coefficient (Wildman–Crippen LogP) is 10.2. The molecule has 0 unspecified atom stereocenters. The minimum atomic E-state index is 0.636. The maximum absolute atomic E-state index is 5.06. The van der Waals surface area contributed by atoms with Crippen molar-refractivity contribution in [1.29, 1.82) is 0 Å². The summed E-state index contributed by atoms with van der Waals surface area (Å²) in [5.41, 5.74) is 8.43. The van der Waals surface area contributed by atoms with E-state index in [9.17, 15) is 0 Å². The number of hydrogen-bond acceptors (Lipinski definition) is 4. The molecule has 0 spiro atoms. The zero-order chi connectivity index (χ0) is 31.2. The first-order chi connectivity index (χ1) is 23.3. The standard InChI is InChI=1S/C42H27N5/c1-3-13-28(14-4-1)40-44-41(29-15-5-2-6-16-29)46-42(45-40)35-21-10-8-18-31(35)32-23-24-38(33-19-9-7-17-30(32)33)47-37-22-12-11-20-34(37)36-27-43-26-25-39(36)47/h1-27H. The fourth-order valence-corrected chi connectivity index (χ4v) is 6.63. The monoisotopic (exact) mass is 601 g/mol. The van der Waals surface area contributed by atoms with Gasteiger partial charge in [0.25, 0.3) is 0 Å². The second-order valence-corrected chi connectivity index (χ2v) is 11.5. The number of hydrogen-bond donors (Lipinski definition) is 0. The van der Waals surface area contributed by atoms with Crippen LogP contribution in [0.1, 0.15) is 0 Å². The number of rotatable bonds is 5. The van der Waals surface area contributed by atoms with Gasteiger partial charge in [0.05, 0.1) is 16.7 Å². The second kappa shape index (κ2) is 11.2. The van der Waals surface area contributed by atoms with Crippen molar-refractivity contribution in [3.8, 4) is 51.0 Å². The Labute approximate surface area is 271 Å². The fourth-order valence-electron chi connectivity index (χ4n) is 6.63. The van der Waals surface area contributed by atoms with Crippen LogP contribution in [0, 0.1) is 0 Å². The van der Waals surface area contributed by atoms with Crippen molar-refractivity contribution >= 4 is 32.6 Å². The molecule has 0 N–H and O–H groups in total. The number of nitrogens with zero attached hydrogens (tertiary/aromatic N) is 5. The molecule has 0 radical (unpaired) electrons. The minimum Gasteiger partial charge on any atom is -0.309 e. The average Bonchev–Trinajstić information content (AvgIpc) is 3.49. The van der Waals surface area contributed by atoms with Gasteiger partial charge in [-0.2, -0.15) is 0 Å². The largest absolute Gasteiger partial charge is 0.309 e. The zero-order valence-electron chi connectivity index (χ0n) is 25.3. The van der Waals surface area contributed by atoms with E-state index < -0.39 is 0 Å². The van der Waals surface area contributed by atoms with Crippen LogP contribution >= 0.6 is 0 Å². The van der Waals surface area contributed by atoms with Gasteiger partial charge in [0, 0.05) is 45.2 Å². The molecule has 47 heavy (non-hydrogen) atoms. The third-order valence-electron chi connectivity index (χ3n) is 8.77. The van der Waals surface area contributed by atoms with Crippen LogP contribution in [-0.4, -0.2) is 24.5 Å². The molecule has 3 heterocycles. The lowest BCUT2D eigenvalue weighted by molar-refractivity contribution is 1.07. The van der Waals surface area contributed by atoms with E-state index in [0.717, 1.165) is 60.7 Å². The normalized spacial score (nSPS) is 11.4. The Morgan fingerprint density at radius 3 is 1.64 bits per heavy atom. The molecule has 5 nitrogen and oxygen atoms in total. The molecule has 3 aromatic heterocycles. The SMILES string of the molecule is c1ccc(-c2nc(-c3ccccc3)nc(-c3ccccc3-c3ccc(-n4c5ccccc5c5cnccc54)c4ccccc34)n2)cc1. The molecule has 9 aromatic rings. The van der Waals surface area contributed by atoms with Crippen molar-refractivity contribution in [3.05, 3.63) is 164 Å². The summed E-state index contributed by atoms with van der Waals surface area (Å²) in [5, 5.41) is 4.63. The van der Waals surface area contributed by atoms with Crippen LogP contribution in [-0.2, 0) is 0 Å². The molecule has 6 aromatic carbocycles. The highest BCUT2D eigenvalue weighted by molar-refractivity contribution is 6.11. The van der Waals surface area contributed by atoms with E-state index in [2.05, 4.69) is 101 Å². The minimum absolute atomic E-state index is 0.636. The van der Waals surface area contributed by atoms with Gasteiger partial charge in [0.1, 0.15) is 0 Å². The summed E-state index contributed by atoms with van der Waals surface area (Å²) in [7, 11) is 0. The van der Waals surface area contributed by atoms with Gasteiger partial charge < -0.3 is 4.57 Å². The van der Waals surface area contributed by atoms with Crippen LogP contribution in [0.4, 0.5) is 0 Å². The van der Waals surface area contributed by atoms with Crippen LogP contribution in [0.5, 0.6) is 0 Å². The molecule has 220 valence electrons. The lowest BCUT2D eigenvalue weighted by atomic mass is 9.93. The average molecular weight is 602 g/mol. The van der Waals surface area contributed by atoms with Gasteiger partial charge in [-0.05, 0) is 34.7 Å². The Morgan fingerprint density at radius 2 is 0.915 bits per heavy atom. The summed E-state index contributed by atoms with van der Waals surface area (Å²) in [4.78, 5) is 19.5.